The van der Waals surface area contributed by atoms with Crippen molar-refractivity contribution in [2.75, 3.05) is 6.61 Å². The third kappa shape index (κ3) is 9.94. The fourth-order valence-electron chi connectivity index (χ4n) is 5.19. The van der Waals surface area contributed by atoms with Gasteiger partial charge in [0, 0.05) is 0 Å². The van der Waals surface area contributed by atoms with Gasteiger partial charge >= 0.3 is 0 Å². The van der Waals surface area contributed by atoms with Crippen molar-refractivity contribution in [1.29, 1.82) is 0 Å². The van der Waals surface area contributed by atoms with E-state index in [2.05, 4.69) is 68.2 Å². The average Bonchev–Trinajstić information content (AvgIpc) is 3.04. The zero-order chi connectivity index (χ0) is 30.6. The van der Waals surface area contributed by atoms with Gasteiger partial charge in [0.05, 0.1) is 33.0 Å². The van der Waals surface area contributed by atoms with Crippen LogP contribution in [0.25, 0.3) is 0 Å². The van der Waals surface area contributed by atoms with E-state index in [1.54, 1.807) is 0 Å². The standard InChI is InChI=1S/C37H44O6Si/c1-44(2,3)43-37-36(41-27-32-22-14-7-15-23-32)35(40-26-31-20-12-6-13-21-31)34(39-25-30-18-10-5-11-19-30)33(42-37)28-38-24-29-16-8-4-9-17-29/h4-23,33-37H,24-28H2,1-3H3/t33-,34-,35+,36-,37+/m1/s1. The van der Waals surface area contributed by atoms with Gasteiger partial charge in [-0.1, -0.05) is 121 Å². The summed E-state index contributed by atoms with van der Waals surface area (Å²) in [6.45, 7) is 8.45. The molecule has 5 rings (SSSR count). The molecule has 1 aliphatic heterocycles. The minimum absolute atomic E-state index is 0.316. The first-order valence-corrected chi connectivity index (χ1v) is 18.8. The van der Waals surface area contributed by atoms with Crippen LogP contribution in [0.2, 0.25) is 19.6 Å². The van der Waals surface area contributed by atoms with E-state index in [0.29, 0.717) is 33.0 Å². The lowest BCUT2D eigenvalue weighted by Crippen LogP contribution is -2.63. The molecule has 44 heavy (non-hydrogen) atoms. The van der Waals surface area contributed by atoms with Crippen LogP contribution in [0.1, 0.15) is 22.3 Å². The van der Waals surface area contributed by atoms with Gasteiger partial charge in [-0.2, -0.15) is 0 Å². The molecule has 1 fully saturated rings. The Morgan fingerprint density at radius 1 is 0.500 bits per heavy atom. The first kappa shape index (κ1) is 32.3. The second-order valence-corrected chi connectivity index (χ2v) is 16.5. The van der Waals surface area contributed by atoms with E-state index in [-0.39, 0.29) is 0 Å². The van der Waals surface area contributed by atoms with Crippen molar-refractivity contribution in [3.8, 4) is 0 Å². The summed E-state index contributed by atoms with van der Waals surface area (Å²) in [6, 6.07) is 40.6. The van der Waals surface area contributed by atoms with Gasteiger partial charge in [0.1, 0.15) is 24.4 Å². The number of rotatable bonds is 15. The Morgan fingerprint density at radius 2 is 0.886 bits per heavy atom. The summed E-state index contributed by atoms with van der Waals surface area (Å²) in [5, 5.41) is 0. The molecular formula is C37H44O6Si. The van der Waals surface area contributed by atoms with Crippen molar-refractivity contribution in [1.82, 2.24) is 0 Å². The number of hydrogen-bond donors (Lipinski definition) is 0. The van der Waals surface area contributed by atoms with Crippen LogP contribution in [-0.2, 0) is 54.5 Å². The molecule has 0 unspecified atom stereocenters. The lowest BCUT2D eigenvalue weighted by Gasteiger charge is -2.47. The molecule has 7 heteroatoms. The predicted octanol–water partition coefficient (Wildman–Crippen LogP) is 7.54. The van der Waals surface area contributed by atoms with Crippen molar-refractivity contribution < 1.29 is 28.1 Å². The molecule has 0 aromatic heterocycles. The highest BCUT2D eigenvalue weighted by molar-refractivity contribution is 6.69. The molecular weight excluding hydrogens is 568 g/mol. The summed E-state index contributed by atoms with van der Waals surface area (Å²) in [6.07, 6.45) is -2.58. The van der Waals surface area contributed by atoms with Crippen LogP contribution in [0, 0.1) is 0 Å². The molecule has 1 aliphatic rings. The molecule has 232 valence electrons. The monoisotopic (exact) mass is 612 g/mol. The second kappa shape index (κ2) is 16.2. The van der Waals surface area contributed by atoms with Crippen LogP contribution in [0.4, 0.5) is 0 Å². The number of hydrogen-bond acceptors (Lipinski definition) is 6. The van der Waals surface area contributed by atoms with Crippen LogP contribution in [0.5, 0.6) is 0 Å². The van der Waals surface area contributed by atoms with Gasteiger partial charge in [-0.15, -0.1) is 0 Å². The largest absolute Gasteiger partial charge is 0.391 e. The summed E-state index contributed by atoms with van der Waals surface area (Å²) in [5.74, 6) is 0. The van der Waals surface area contributed by atoms with Crippen LogP contribution in [0.3, 0.4) is 0 Å². The molecule has 0 N–H and O–H groups in total. The van der Waals surface area contributed by atoms with Crippen LogP contribution >= 0.6 is 0 Å². The predicted molar refractivity (Wildman–Crippen MR) is 174 cm³/mol. The molecule has 1 saturated heterocycles. The highest BCUT2D eigenvalue weighted by Gasteiger charge is 2.50. The van der Waals surface area contributed by atoms with E-state index in [9.17, 15) is 0 Å². The normalized spacial score (nSPS) is 22.1. The maximum atomic E-state index is 6.76. The Hall–Kier alpha value is -3.14. The quantitative estimate of drug-likeness (QED) is 0.129. The Kier molecular flexibility index (Phi) is 11.9. The zero-order valence-corrected chi connectivity index (χ0v) is 26.9. The van der Waals surface area contributed by atoms with Crippen molar-refractivity contribution in [3.05, 3.63) is 144 Å². The van der Waals surface area contributed by atoms with Crippen molar-refractivity contribution in [2.45, 2.75) is 76.8 Å². The van der Waals surface area contributed by atoms with Crippen molar-refractivity contribution in [3.63, 3.8) is 0 Å². The molecule has 0 saturated carbocycles. The maximum absolute atomic E-state index is 6.76. The summed E-state index contributed by atoms with van der Waals surface area (Å²) in [4.78, 5) is 0. The smallest absolute Gasteiger partial charge is 0.187 e. The third-order valence-corrected chi connectivity index (χ3v) is 8.25. The van der Waals surface area contributed by atoms with Gasteiger partial charge < -0.3 is 28.1 Å². The van der Waals surface area contributed by atoms with Crippen molar-refractivity contribution in [2.24, 2.45) is 0 Å². The first-order chi connectivity index (χ1) is 21.4. The van der Waals surface area contributed by atoms with E-state index >= 15 is 0 Å². The van der Waals surface area contributed by atoms with Gasteiger partial charge in [-0.25, -0.2) is 0 Å². The lowest BCUT2D eigenvalue weighted by atomic mass is 9.98. The van der Waals surface area contributed by atoms with E-state index in [1.165, 1.54) is 0 Å². The summed E-state index contributed by atoms with van der Waals surface area (Å²) < 4.78 is 39.8. The summed E-state index contributed by atoms with van der Waals surface area (Å²) >= 11 is 0. The molecule has 0 bridgehead atoms. The molecule has 0 aliphatic carbocycles. The Bertz CT molecular complexity index is 1350. The number of ether oxygens (including phenoxy) is 5. The van der Waals surface area contributed by atoms with Gasteiger partial charge in [0.25, 0.3) is 0 Å². The Morgan fingerprint density at radius 3 is 1.32 bits per heavy atom. The summed E-state index contributed by atoms with van der Waals surface area (Å²) in [7, 11) is -2.06. The van der Waals surface area contributed by atoms with Gasteiger partial charge in [0.15, 0.2) is 14.6 Å². The maximum Gasteiger partial charge on any atom is 0.187 e. The molecule has 4 aromatic rings. The minimum Gasteiger partial charge on any atom is -0.391 e. The number of benzene rings is 4. The second-order valence-electron chi connectivity index (χ2n) is 12.1. The van der Waals surface area contributed by atoms with Crippen LogP contribution in [-0.4, -0.2) is 45.6 Å². The van der Waals surface area contributed by atoms with E-state index in [1.807, 2.05) is 72.8 Å². The van der Waals surface area contributed by atoms with Gasteiger partial charge in [-0.05, 0) is 41.9 Å². The summed E-state index contributed by atoms with van der Waals surface area (Å²) in [5.41, 5.74) is 4.31. The fourth-order valence-corrected chi connectivity index (χ4v) is 6.08. The third-order valence-electron chi connectivity index (χ3n) is 7.31. The SMILES string of the molecule is C[Si](C)(C)O[C@@H]1O[C@H](COCc2ccccc2)[C@@H](OCc2ccccc2)[C@H](OCc2ccccc2)[C@H]1OCc1ccccc1. The topological polar surface area (TPSA) is 55.4 Å². The average molecular weight is 613 g/mol. The van der Waals surface area contributed by atoms with Crippen LogP contribution in [0.15, 0.2) is 121 Å². The molecule has 0 amide bonds. The Balaban J connectivity index is 1.44. The fraction of sp³-hybridized carbons (Fsp3) is 0.351. The van der Waals surface area contributed by atoms with Crippen LogP contribution < -0.4 is 0 Å². The lowest BCUT2D eigenvalue weighted by molar-refractivity contribution is -0.312. The molecule has 1 heterocycles. The highest BCUT2D eigenvalue weighted by Crippen LogP contribution is 2.33. The Labute approximate surface area is 263 Å². The van der Waals surface area contributed by atoms with E-state index in [0.717, 1.165) is 22.3 Å². The molecule has 4 aromatic carbocycles. The highest BCUT2D eigenvalue weighted by atomic mass is 28.4. The minimum atomic E-state index is -2.06. The van der Waals surface area contributed by atoms with E-state index < -0.39 is 39.0 Å². The first-order valence-electron chi connectivity index (χ1n) is 15.4. The van der Waals surface area contributed by atoms with Gasteiger partial charge in [-0.3, -0.25) is 0 Å². The molecule has 0 radical (unpaired) electrons. The molecule has 5 atom stereocenters. The molecule has 0 spiro atoms. The van der Waals surface area contributed by atoms with E-state index in [4.69, 9.17) is 28.1 Å². The van der Waals surface area contributed by atoms with Crippen molar-refractivity contribution >= 4 is 8.32 Å². The van der Waals surface area contributed by atoms with Gasteiger partial charge in [0.2, 0.25) is 0 Å². The molecule has 6 nitrogen and oxygen atoms in total. The zero-order valence-electron chi connectivity index (χ0n) is 25.9.